The fourth-order valence-corrected chi connectivity index (χ4v) is 1.02. The zero-order valence-electron chi connectivity index (χ0n) is 7.36. The van der Waals surface area contributed by atoms with E-state index in [2.05, 4.69) is 5.32 Å². The zero-order chi connectivity index (χ0) is 9.84. The van der Waals surface area contributed by atoms with Gasteiger partial charge in [-0.25, -0.2) is 0 Å². The monoisotopic (exact) mass is 183 g/mol. The van der Waals surface area contributed by atoms with Crippen molar-refractivity contribution in [2.75, 3.05) is 7.05 Å². The molecule has 1 aromatic rings. The van der Waals surface area contributed by atoms with E-state index >= 15 is 0 Å². The molecule has 0 spiro atoms. The van der Waals surface area contributed by atoms with Crippen LogP contribution in [-0.2, 0) is 6.42 Å². The summed E-state index contributed by atoms with van der Waals surface area (Å²) < 4.78 is 0. The van der Waals surface area contributed by atoms with Gasteiger partial charge in [-0.1, -0.05) is 6.07 Å². The lowest BCUT2D eigenvalue weighted by Gasteiger charge is -2.09. The van der Waals surface area contributed by atoms with Crippen LogP contribution in [0, 0.1) is 0 Å². The minimum atomic E-state index is -0.635. The van der Waals surface area contributed by atoms with E-state index in [9.17, 15) is 5.11 Å². The third kappa shape index (κ3) is 2.61. The van der Waals surface area contributed by atoms with Gasteiger partial charge in [0.1, 0.15) is 6.23 Å². The lowest BCUT2D eigenvalue weighted by atomic mass is 10.1. The Bertz CT molecular complexity index is 288. The number of benzene rings is 1. The summed E-state index contributed by atoms with van der Waals surface area (Å²) in [5.74, 6) is -0.316. The summed E-state index contributed by atoms with van der Waals surface area (Å²) >= 11 is 0. The van der Waals surface area contributed by atoms with Crippen molar-refractivity contribution in [2.24, 2.45) is 0 Å². The molecular weight excluding hydrogens is 170 g/mol. The molecule has 0 saturated heterocycles. The normalized spacial score (nSPS) is 12.8. The Morgan fingerprint density at radius 3 is 2.54 bits per heavy atom. The molecule has 1 atom stereocenters. The van der Waals surface area contributed by atoms with E-state index in [1.54, 1.807) is 13.1 Å². The third-order valence-electron chi connectivity index (χ3n) is 1.80. The van der Waals surface area contributed by atoms with Gasteiger partial charge < -0.3 is 15.3 Å². The van der Waals surface area contributed by atoms with Crippen LogP contribution in [0.2, 0.25) is 0 Å². The Hall–Kier alpha value is -1.26. The molecule has 1 aromatic carbocycles. The van der Waals surface area contributed by atoms with Crippen LogP contribution in [0.5, 0.6) is 11.5 Å². The van der Waals surface area contributed by atoms with Crippen LogP contribution in [0.25, 0.3) is 0 Å². The Labute approximate surface area is 76.5 Å². The summed E-state index contributed by atoms with van der Waals surface area (Å²) in [4.78, 5) is 0. The Kier molecular flexibility index (Phi) is 3.11. The van der Waals surface area contributed by atoms with Gasteiger partial charge in [-0.05, 0) is 24.7 Å². The number of phenolic OH excluding ortho intramolecular Hbond substituents is 2. The van der Waals surface area contributed by atoms with Gasteiger partial charge in [0, 0.05) is 6.42 Å². The second kappa shape index (κ2) is 4.11. The number of rotatable bonds is 3. The fraction of sp³-hybridized carbons (Fsp3) is 0.333. The molecule has 0 aliphatic carbocycles. The summed E-state index contributed by atoms with van der Waals surface area (Å²) in [6.45, 7) is 0. The molecule has 0 amide bonds. The molecule has 0 fully saturated rings. The number of aliphatic hydroxyl groups excluding tert-OH is 1. The summed E-state index contributed by atoms with van der Waals surface area (Å²) in [5.41, 5.74) is 0.761. The van der Waals surface area contributed by atoms with E-state index in [0.717, 1.165) is 5.56 Å². The van der Waals surface area contributed by atoms with Crippen molar-refractivity contribution in [3.8, 4) is 11.5 Å². The second-order valence-electron chi connectivity index (χ2n) is 2.83. The first kappa shape index (κ1) is 9.83. The van der Waals surface area contributed by atoms with Crippen molar-refractivity contribution in [3.05, 3.63) is 23.8 Å². The Balaban J connectivity index is 2.73. The van der Waals surface area contributed by atoms with Crippen LogP contribution >= 0.6 is 0 Å². The van der Waals surface area contributed by atoms with Crippen molar-refractivity contribution in [3.63, 3.8) is 0 Å². The van der Waals surface area contributed by atoms with E-state index in [4.69, 9.17) is 10.2 Å². The number of aromatic hydroxyl groups is 2. The van der Waals surface area contributed by atoms with E-state index in [0.29, 0.717) is 6.42 Å². The molecule has 72 valence electrons. The molecule has 0 radical (unpaired) electrons. The SMILES string of the molecule is CNC(O)Cc1ccc(O)c(O)c1. The van der Waals surface area contributed by atoms with E-state index in [1.807, 2.05) is 0 Å². The molecule has 1 rings (SSSR count). The smallest absolute Gasteiger partial charge is 0.157 e. The van der Waals surface area contributed by atoms with Gasteiger partial charge in [0.2, 0.25) is 0 Å². The summed E-state index contributed by atoms with van der Waals surface area (Å²) in [6, 6.07) is 4.47. The first-order valence-electron chi connectivity index (χ1n) is 3.99. The first-order chi connectivity index (χ1) is 6.13. The lowest BCUT2D eigenvalue weighted by molar-refractivity contribution is 0.147. The maximum Gasteiger partial charge on any atom is 0.157 e. The average Bonchev–Trinajstić information content (AvgIpc) is 2.11. The number of hydrogen-bond donors (Lipinski definition) is 4. The number of nitrogens with one attached hydrogen (secondary N) is 1. The number of aliphatic hydroxyl groups is 1. The standard InChI is InChI=1S/C9H13NO3/c1-10-9(13)5-6-2-3-7(11)8(12)4-6/h2-4,9-13H,5H2,1H3. The van der Waals surface area contributed by atoms with Crippen molar-refractivity contribution in [1.29, 1.82) is 0 Å². The fourth-order valence-electron chi connectivity index (χ4n) is 1.02. The van der Waals surface area contributed by atoms with Crippen molar-refractivity contribution in [1.82, 2.24) is 5.32 Å². The molecule has 0 aromatic heterocycles. The van der Waals surface area contributed by atoms with Crippen LogP contribution in [0.3, 0.4) is 0 Å². The molecule has 0 aliphatic rings. The molecule has 4 heteroatoms. The van der Waals surface area contributed by atoms with Gasteiger partial charge in [-0.15, -0.1) is 0 Å². The molecule has 13 heavy (non-hydrogen) atoms. The number of likely N-dealkylation sites (N-methyl/N-ethyl adjacent to an activating group) is 1. The van der Waals surface area contributed by atoms with Crippen LogP contribution in [0.4, 0.5) is 0 Å². The Morgan fingerprint density at radius 1 is 1.31 bits per heavy atom. The highest BCUT2D eigenvalue weighted by Gasteiger charge is 2.04. The van der Waals surface area contributed by atoms with Gasteiger partial charge in [-0.2, -0.15) is 0 Å². The quantitative estimate of drug-likeness (QED) is 0.398. The van der Waals surface area contributed by atoms with Crippen LogP contribution in [0.1, 0.15) is 5.56 Å². The van der Waals surface area contributed by atoms with E-state index in [1.165, 1.54) is 12.1 Å². The second-order valence-corrected chi connectivity index (χ2v) is 2.83. The highest BCUT2D eigenvalue weighted by atomic mass is 16.3. The van der Waals surface area contributed by atoms with Gasteiger partial charge in [-0.3, -0.25) is 5.32 Å². The predicted molar refractivity (Wildman–Crippen MR) is 48.5 cm³/mol. The van der Waals surface area contributed by atoms with Gasteiger partial charge in [0.05, 0.1) is 0 Å². The molecular formula is C9H13NO3. The topological polar surface area (TPSA) is 72.7 Å². The van der Waals surface area contributed by atoms with Crippen molar-refractivity contribution >= 4 is 0 Å². The van der Waals surface area contributed by atoms with E-state index in [-0.39, 0.29) is 11.5 Å². The molecule has 0 heterocycles. The number of hydrogen-bond acceptors (Lipinski definition) is 4. The lowest BCUT2D eigenvalue weighted by Crippen LogP contribution is -2.26. The highest BCUT2D eigenvalue weighted by molar-refractivity contribution is 5.40. The molecule has 4 N–H and O–H groups in total. The molecule has 4 nitrogen and oxygen atoms in total. The van der Waals surface area contributed by atoms with Crippen LogP contribution < -0.4 is 5.32 Å². The summed E-state index contributed by atoms with van der Waals surface area (Å²) in [5, 5.41) is 30.0. The van der Waals surface area contributed by atoms with Gasteiger partial charge in [0.15, 0.2) is 11.5 Å². The van der Waals surface area contributed by atoms with Gasteiger partial charge >= 0.3 is 0 Å². The first-order valence-corrected chi connectivity index (χ1v) is 3.99. The summed E-state index contributed by atoms with van der Waals surface area (Å²) in [7, 11) is 1.64. The third-order valence-corrected chi connectivity index (χ3v) is 1.80. The molecule has 1 unspecified atom stereocenters. The average molecular weight is 183 g/mol. The van der Waals surface area contributed by atoms with Crippen LogP contribution in [0.15, 0.2) is 18.2 Å². The Morgan fingerprint density at radius 2 is 2.00 bits per heavy atom. The molecule has 0 aliphatic heterocycles. The minimum absolute atomic E-state index is 0.150. The zero-order valence-corrected chi connectivity index (χ0v) is 7.36. The summed E-state index contributed by atoms with van der Waals surface area (Å²) in [6.07, 6.45) is -0.242. The highest BCUT2D eigenvalue weighted by Crippen LogP contribution is 2.25. The molecule has 0 bridgehead atoms. The van der Waals surface area contributed by atoms with Crippen LogP contribution in [-0.4, -0.2) is 28.6 Å². The maximum absolute atomic E-state index is 9.22. The minimum Gasteiger partial charge on any atom is -0.504 e. The van der Waals surface area contributed by atoms with Crippen molar-refractivity contribution in [2.45, 2.75) is 12.6 Å². The van der Waals surface area contributed by atoms with Gasteiger partial charge in [0.25, 0.3) is 0 Å². The largest absolute Gasteiger partial charge is 0.504 e. The maximum atomic E-state index is 9.22. The molecule has 0 saturated carbocycles. The van der Waals surface area contributed by atoms with Crippen molar-refractivity contribution < 1.29 is 15.3 Å². The van der Waals surface area contributed by atoms with E-state index < -0.39 is 6.23 Å². The predicted octanol–water partition coefficient (Wildman–Crippen LogP) is 0.178. The number of phenols is 2.